The predicted molar refractivity (Wildman–Crippen MR) is 107 cm³/mol. The number of nitrogens with one attached hydrogen (secondary N) is 2. The van der Waals surface area contributed by atoms with Crippen molar-refractivity contribution in [2.75, 3.05) is 13.2 Å². The van der Waals surface area contributed by atoms with E-state index in [0.717, 1.165) is 24.9 Å². The highest BCUT2D eigenvalue weighted by atomic mass is 127. The maximum absolute atomic E-state index is 6.07. The summed E-state index contributed by atoms with van der Waals surface area (Å²) in [6.45, 7) is 4.42. The fourth-order valence-corrected chi connectivity index (χ4v) is 4.98. The number of ether oxygens (including phenoxy) is 1. The fourth-order valence-electron chi connectivity index (χ4n) is 4.98. The smallest absolute Gasteiger partial charge is 0.191 e. The standard InChI is InChI=1S/C17H28N6O.HI/c1-3-18-16(19-10-13-20-11-21-23(13)2)22-14-12-6-9-24-15(12)17(14)7-4-5-8-17;/h11-12,14-15H,3-10H2,1-2H3,(H2,18,19,22);1H. The highest BCUT2D eigenvalue weighted by molar-refractivity contribution is 14.0. The molecular weight excluding hydrogens is 431 g/mol. The second-order valence-electron chi connectivity index (χ2n) is 7.30. The molecule has 3 fully saturated rings. The van der Waals surface area contributed by atoms with Crippen LogP contribution in [0.3, 0.4) is 0 Å². The lowest BCUT2D eigenvalue weighted by Gasteiger charge is -2.57. The SMILES string of the molecule is CCNC(=NCc1ncnn1C)NC1C2CCOC2C12CCCC2.I. The lowest BCUT2D eigenvalue weighted by molar-refractivity contribution is -0.125. The summed E-state index contributed by atoms with van der Waals surface area (Å²) in [5.74, 6) is 2.40. The summed E-state index contributed by atoms with van der Waals surface area (Å²) in [6, 6.07) is 0.491. The zero-order valence-electron chi connectivity index (χ0n) is 15.1. The zero-order valence-corrected chi connectivity index (χ0v) is 17.4. The third-order valence-electron chi connectivity index (χ3n) is 6.11. The first-order valence-electron chi connectivity index (χ1n) is 9.24. The van der Waals surface area contributed by atoms with Gasteiger partial charge >= 0.3 is 0 Å². The molecule has 0 aromatic carbocycles. The van der Waals surface area contributed by atoms with E-state index < -0.39 is 0 Å². The van der Waals surface area contributed by atoms with Crippen LogP contribution in [0.25, 0.3) is 0 Å². The molecule has 1 aromatic rings. The fraction of sp³-hybridized carbons (Fsp3) is 0.824. The molecule has 2 aliphatic carbocycles. The molecule has 3 aliphatic rings. The third-order valence-corrected chi connectivity index (χ3v) is 6.11. The molecule has 0 amide bonds. The Morgan fingerprint density at radius 3 is 2.92 bits per heavy atom. The van der Waals surface area contributed by atoms with Gasteiger partial charge in [0.25, 0.3) is 0 Å². The first-order valence-corrected chi connectivity index (χ1v) is 9.24. The number of guanidine groups is 1. The van der Waals surface area contributed by atoms with Crippen LogP contribution in [0.1, 0.15) is 44.9 Å². The molecule has 0 bridgehead atoms. The van der Waals surface area contributed by atoms with Crippen LogP contribution in [-0.4, -0.2) is 46.0 Å². The topological polar surface area (TPSA) is 76.4 Å². The lowest BCUT2D eigenvalue weighted by Crippen LogP contribution is -2.69. The van der Waals surface area contributed by atoms with Crippen LogP contribution in [-0.2, 0) is 18.3 Å². The Kier molecular flexibility index (Phi) is 5.87. The molecule has 7 nitrogen and oxygen atoms in total. The summed E-state index contributed by atoms with van der Waals surface area (Å²) in [7, 11) is 1.90. The highest BCUT2D eigenvalue weighted by Gasteiger charge is 2.65. The largest absolute Gasteiger partial charge is 0.377 e. The molecule has 1 aliphatic heterocycles. The summed E-state index contributed by atoms with van der Waals surface area (Å²) in [5, 5.41) is 11.2. The van der Waals surface area contributed by atoms with Crippen molar-refractivity contribution in [3.8, 4) is 0 Å². The van der Waals surface area contributed by atoms with Gasteiger partial charge in [-0.3, -0.25) is 4.68 Å². The van der Waals surface area contributed by atoms with Crippen molar-refractivity contribution in [3.63, 3.8) is 0 Å². The van der Waals surface area contributed by atoms with Gasteiger partial charge in [-0.1, -0.05) is 12.8 Å². The molecule has 1 aromatic heterocycles. The van der Waals surface area contributed by atoms with Gasteiger partial charge in [0.2, 0.25) is 0 Å². The minimum Gasteiger partial charge on any atom is -0.377 e. The molecular formula is C17H29IN6O. The van der Waals surface area contributed by atoms with Gasteiger partial charge in [-0.2, -0.15) is 5.10 Å². The minimum absolute atomic E-state index is 0. The Bertz CT molecular complexity index is 612. The quantitative estimate of drug-likeness (QED) is 0.408. The summed E-state index contributed by atoms with van der Waals surface area (Å²) < 4.78 is 7.85. The van der Waals surface area contributed by atoms with Crippen LogP contribution in [0.15, 0.2) is 11.3 Å². The molecule has 140 valence electrons. The number of nitrogens with zero attached hydrogens (tertiary/aromatic N) is 4. The Balaban J connectivity index is 0.00000182. The van der Waals surface area contributed by atoms with Crippen LogP contribution in [0.4, 0.5) is 0 Å². The molecule has 2 N–H and O–H groups in total. The van der Waals surface area contributed by atoms with Crippen LogP contribution < -0.4 is 10.6 Å². The zero-order chi connectivity index (χ0) is 16.6. The van der Waals surface area contributed by atoms with E-state index in [1.54, 1.807) is 11.0 Å². The van der Waals surface area contributed by atoms with Crippen molar-refractivity contribution in [1.29, 1.82) is 0 Å². The van der Waals surface area contributed by atoms with E-state index in [4.69, 9.17) is 9.73 Å². The number of hydrogen-bond acceptors (Lipinski definition) is 4. The molecule has 4 rings (SSSR count). The monoisotopic (exact) mass is 460 g/mol. The molecule has 25 heavy (non-hydrogen) atoms. The normalized spacial score (nSPS) is 29.8. The highest BCUT2D eigenvalue weighted by Crippen LogP contribution is 2.60. The van der Waals surface area contributed by atoms with Gasteiger partial charge in [0.15, 0.2) is 5.96 Å². The van der Waals surface area contributed by atoms with Gasteiger partial charge in [-0.05, 0) is 26.2 Å². The molecule has 8 heteroatoms. The Labute approximate surface area is 166 Å². The molecule has 3 unspecified atom stereocenters. The Hall–Kier alpha value is -0.900. The van der Waals surface area contributed by atoms with Crippen LogP contribution in [0.5, 0.6) is 0 Å². The Morgan fingerprint density at radius 1 is 1.44 bits per heavy atom. The van der Waals surface area contributed by atoms with E-state index >= 15 is 0 Å². The minimum atomic E-state index is 0. The number of halogens is 1. The number of fused-ring (bicyclic) bond motifs is 2. The summed E-state index contributed by atoms with van der Waals surface area (Å²) in [4.78, 5) is 8.99. The molecule has 2 saturated carbocycles. The van der Waals surface area contributed by atoms with E-state index in [-0.39, 0.29) is 24.0 Å². The van der Waals surface area contributed by atoms with Crippen molar-refractivity contribution >= 4 is 29.9 Å². The van der Waals surface area contributed by atoms with Crippen molar-refractivity contribution in [2.24, 2.45) is 23.4 Å². The third kappa shape index (κ3) is 3.27. The molecule has 3 atom stereocenters. The van der Waals surface area contributed by atoms with Crippen molar-refractivity contribution < 1.29 is 4.74 Å². The lowest BCUT2D eigenvalue weighted by atomic mass is 9.54. The molecule has 1 saturated heterocycles. The van der Waals surface area contributed by atoms with Crippen LogP contribution in [0.2, 0.25) is 0 Å². The van der Waals surface area contributed by atoms with Gasteiger partial charge in [0.1, 0.15) is 18.7 Å². The van der Waals surface area contributed by atoms with Gasteiger partial charge in [0.05, 0.1) is 6.10 Å². The number of aromatic nitrogens is 3. The predicted octanol–water partition coefficient (Wildman–Crippen LogP) is 1.84. The first-order chi connectivity index (χ1) is 11.7. The summed E-state index contributed by atoms with van der Waals surface area (Å²) in [6.07, 6.45) is 8.45. The molecule has 1 spiro atoms. The summed E-state index contributed by atoms with van der Waals surface area (Å²) >= 11 is 0. The van der Waals surface area contributed by atoms with E-state index in [1.165, 1.54) is 32.1 Å². The van der Waals surface area contributed by atoms with Crippen molar-refractivity contribution in [2.45, 2.75) is 57.7 Å². The van der Waals surface area contributed by atoms with Gasteiger partial charge in [0, 0.05) is 37.6 Å². The Morgan fingerprint density at radius 2 is 2.24 bits per heavy atom. The van der Waals surface area contributed by atoms with E-state index in [1.807, 2.05) is 7.05 Å². The van der Waals surface area contributed by atoms with Gasteiger partial charge in [-0.25, -0.2) is 9.98 Å². The van der Waals surface area contributed by atoms with E-state index in [0.29, 0.717) is 30.0 Å². The number of rotatable bonds is 4. The van der Waals surface area contributed by atoms with Gasteiger partial charge in [-0.15, -0.1) is 24.0 Å². The van der Waals surface area contributed by atoms with Crippen LogP contribution >= 0.6 is 24.0 Å². The maximum Gasteiger partial charge on any atom is 0.191 e. The van der Waals surface area contributed by atoms with E-state index in [9.17, 15) is 0 Å². The van der Waals surface area contributed by atoms with E-state index in [2.05, 4.69) is 27.6 Å². The number of hydrogen-bond donors (Lipinski definition) is 2. The van der Waals surface area contributed by atoms with Crippen molar-refractivity contribution in [1.82, 2.24) is 25.4 Å². The average Bonchev–Trinajstić information content (AvgIpc) is 3.30. The number of aliphatic imine (C=N–C) groups is 1. The second kappa shape index (κ2) is 7.77. The molecule has 2 heterocycles. The van der Waals surface area contributed by atoms with Crippen LogP contribution in [0, 0.1) is 11.3 Å². The van der Waals surface area contributed by atoms with Crippen molar-refractivity contribution in [3.05, 3.63) is 12.2 Å². The maximum atomic E-state index is 6.07. The molecule has 0 radical (unpaired) electrons. The first kappa shape index (κ1) is 18.9. The van der Waals surface area contributed by atoms with Gasteiger partial charge < -0.3 is 15.4 Å². The summed E-state index contributed by atoms with van der Waals surface area (Å²) in [5.41, 5.74) is 0.335. The number of aryl methyl sites for hydroxylation is 1. The average molecular weight is 460 g/mol. The second-order valence-corrected chi connectivity index (χ2v) is 7.30.